The second-order valence-electron chi connectivity index (χ2n) is 13.3. The van der Waals surface area contributed by atoms with E-state index in [-0.39, 0.29) is 33.7 Å². The predicted molar refractivity (Wildman–Crippen MR) is 150 cm³/mol. The molecule has 0 unspecified atom stereocenters. The van der Waals surface area contributed by atoms with Crippen molar-refractivity contribution in [3.63, 3.8) is 0 Å². The van der Waals surface area contributed by atoms with E-state index < -0.39 is 0 Å². The quantitative estimate of drug-likeness (QED) is 0.319. The number of anilines is 1. The summed E-state index contributed by atoms with van der Waals surface area (Å²) in [6, 6.07) is 7.98. The van der Waals surface area contributed by atoms with Gasteiger partial charge < -0.3 is 10.1 Å². The lowest BCUT2D eigenvalue weighted by molar-refractivity contribution is -0.195. The van der Waals surface area contributed by atoms with E-state index >= 15 is 0 Å². The molecule has 5 fully saturated rings. The Morgan fingerprint density at radius 1 is 1.16 bits per heavy atom. The molecule has 1 spiro atoms. The van der Waals surface area contributed by atoms with Gasteiger partial charge in [0, 0.05) is 5.92 Å². The summed E-state index contributed by atoms with van der Waals surface area (Å²) < 4.78 is 5.66. The first kappa shape index (κ1) is 25.9. The van der Waals surface area contributed by atoms with Crippen LogP contribution in [-0.2, 0) is 14.4 Å². The Kier molecular flexibility index (Phi) is 6.17. The number of halogens is 1. The topological polar surface area (TPSA) is 50.8 Å². The summed E-state index contributed by atoms with van der Waals surface area (Å²) in [5.74, 6) is 1.46. The van der Waals surface area contributed by atoms with E-state index in [1.165, 1.54) is 32.1 Å². The van der Waals surface area contributed by atoms with Gasteiger partial charge in [0.1, 0.15) is 0 Å². The minimum absolute atomic E-state index is 0.0261. The lowest BCUT2D eigenvalue weighted by atomic mass is 9.39. The fourth-order valence-corrected chi connectivity index (χ4v) is 10.9. The first-order valence-electron chi connectivity index (χ1n) is 14.2. The molecule has 0 amide bonds. The highest BCUT2D eigenvalue weighted by atomic mass is 35.5. The zero-order valence-corrected chi connectivity index (χ0v) is 24.2. The minimum Gasteiger partial charge on any atom is -0.466 e. The second-order valence-corrected chi connectivity index (χ2v) is 14.1. The summed E-state index contributed by atoms with van der Waals surface area (Å²) in [6.45, 7) is 10.3. The van der Waals surface area contributed by atoms with Gasteiger partial charge in [0.15, 0.2) is 5.11 Å². The number of hydrogen-bond acceptors (Lipinski definition) is 4. The van der Waals surface area contributed by atoms with E-state index in [1.807, 2.05) is 36.3 Å². The van der Waals surface area contributed by atoms with Crippen LogP contribution in [-0.4, -0.2) is 35.4 Å². The van der Waals surface area contributed by atoms with Crippen molar-refractivity contribution in [1.29, 1.82) is 0 Å². The van der Waals surface area contributed by atoms with Gasteiger partial charge >= 0.3 is 5.97 Å². The summed E-state index contributed by atoms with van der Waals surface area (Å²) >= 11 is 12.3. The maximum Gasteiger partial charge on any atom is 0.312 e. The Hall–Kier alpha value is -1.37. The number of hydrogen-bond donors (Lipinski definition) is 1. The molecule has 1 aromatic carbocycles. The van der Waals surface area contributed by atoms with Gasteiger partial charge in [-0.25, -0.2) is 5.06 Å². The zero-order valence-electron chi connectivity index (χ0n) is 22.6. The number of carbonyl (C=O) groups excluding carboxylic acids is 1. The number of hydroxylamine groups is 2. The molecule has 1 N–H and O–H groups in total. The Morgan fingerprint density at radius 2 is 1.92 bits per heavy atom. The molecule has 4 saturated carbocycles. The van der Waals surface area contributed by atoms with Crippen molar-refractivity contribution in [3.8, 4) is 0 Å². The Labute approximate surface area is 231 Å². The van der Waals surface area contributed by atoms with Crippen molar-refractivity contribution in [2.24, 2.45) is 39.4 Å². The molecule has 1 aromatic rings. The molecule has 37 heavy (non-hydrogen) atoms. The van der Waals surface area contributed by atoms with Crippen molar-refractivity contribution in [3.05, 3.63) is 29.3 Å². The van der Waals surface area contributed by atoms with Gasteiger partial charge in [0.2, 0.25) is 0 Å². The van der Waals surface area contributed by atoms with Crippen LogP contribution in [0.3, 0.4) is 0 Å². The first-order valence-corrected chi connectivity index (χ1v) is 15.0. The largest absolute Gasteiger partial charge is 0.466 e. The number of ether oxygens (including phenoxy) is 1. The van der Waals surface area contributed by atoms with Gasteiger partial charge in [0.25, 0.3) is 0 Å². The molecule has 1 aliphatic heterocycles. The molecule has 5 aliphatic rings. The van der Waals surface area contributed by atoms with Gasteiger partial charge in [-0.3, -0.25) is 9.63 Å². The highest BCUT2D eigenvalue weighted by Gasteiger charge is 2.73. The molecular formula is C30H41ClN2O3S. The molecular weight excluding hydrogens is 504 g/mol. The van der Waals surface area contributed by atoms with E-state index in [0.29, 0.717) is 34.5 Å². The number of rotatable bonds is 3. The lowest BCUT2D eigenvalue weighted by Gasteiger charge is -2.64. The van der Waals surface area contributed by atoms with Crippen molar-refractivity contribution >= 4 is 40.6 Å². The second kappa shape index (κ2) is 8.82. The Balaban J connectivity index is 1.30. The molecule has 6 rings (SSSR count). The average Bonchev–Trinajstić information content (AvgIpc) is 3.38. The van der Waals surface area contributed by atoms with E-state index in [2.05, 4.69) is 26.1 Å². The third-order valence-corrected chi connectivity index (χ3v) is 12.3. The number of carbonyl (C=O) groups is 1. The third kappa shape index (κ3) is 3.57. The maximum atomic E-state index is 13.3. The molecule has 2 bridgehead atoms. The van der Waals surface area contributed by atoms with Gasteiger partial charge in [-0.15, -0.1) is 0 Å². The predicted octanol–water partition coefficient (Wildman–Crippen LogP) is 7.24. The Morgan fingerprint density at radius 3 is 2.68 bits per heavy atom. The number of para-hydroxylation sites is 1. The fourth-order valence-electron chi connectivity index (χ4n) is 10.4. The van der Waals surface area contributed by atoms with Crippen LogP contribution in [0.4, 0.5) is 5.69 Å². The van der Waals surface area contributed by atoms with Crippen LogP contribution in [0.15, 0.2) is 24.3 Å². The van der Waals surface area contributed by atoms with Crippen LogP contribution in [0.1, 0.15) is 79.1 Å². The van der Waals surface area contributed by atoms with E-state index in [0.717, 1.165) is 31.6 Å². The summed E-state index contributed by atoms with van der Waals surface area (Å²) in [7, 11) is 0. The highest BCUT2D eigenvalue weighted by molar-refractivity contribution is 7.80. The van der Waals surface area contributed by atoms with Gasteiger partial charge in [-0.2, -0.15) is 0 Å². The van der Waals surface area contributed by atoms with Crippen LogP contribution in [0, 0.1) is 39.4 Å². The van der Waals surface area contributed by atoms with Crippen LogP contribution in [0.2, 0.25) is 5.02 Å². The average molecular weight is 545 g/mol. The summed E-state index contributed by atoms with van der Waals surface area (Å²) in [5, 5.41) is 6.66. The highest BCUT2D eigenvalue weighted by Crippen LogP contribution is 2.76. The number of benzene rings is 1. The maximum absolute atomic E-state index is 13.3. The summed E-state index contributed by atoms with van der Waals surface area (Å²) in [4.78, 5) is 19.7. The van der Waals surface area contributed by atoms with Crippen LogP contribution < -0.4 is 5.32 Å². The number of fused-ring (bicyclic) bond motifs is 5. The molecule has 1 heterocycles. The third-order valence-electron chi connectivity index (χ3n) is 11.6. The van der Waals surface area contributed by atoms with Gasteiger partial charge in [-0.05, 0) is 111 Å². The molecule has 0 aromatic heterocycles. The van der Waals surface area contributed by atoms with Crippen LogP contribution in [0.5, 0.6) is 0 Å². The molecule has 4 aliphatic carbocycles. The van der Waals surface area contributed by atoms with Crippen molar-refractivity contribution < 1.29 is 14.4 Å². The molecule has 8 atom stereocenters. The standard InChI is InChI=1S/C30H41ClN2O3S/c1-5-35-25(34)29(4)14-8-13-28(3)22(29)12-16-30-18-27(2,15-11-23(28)30)24-19(30)17-36-33(24)26(37)32-21-10-7-6-9-20(21)31/h6-7,9-10,19,22-24H,5,8,11-18H2,1-4H3,(H,32,37)/t19-,22+,23+,24+,27+,28-,29-,30-/m1/s1. The minimum atomic E-state index is -0.373. The molecule has 7 heteroatoms. The summed E-state index contributed by atoms with van der Waals surface area (Å²) in [5.41, 5.74) is 0.994. The number of nitrogens with one attached hydrogen (secondary N) is 1. The van der Waals surface area contributed by atoms with Crippen molar-refractivity contribution in [2.45, 2.75) is 85.1 Å². The van der Waals surface area contributed by atoms with E-state index in [1.54, 1.807) is 0 Å². The SMILES string of the molecule is CCOC(=O)[C@]1(C)CCC[C@@]2(C)[C@@H]3CC[C@@]4(C)C[C@]3(CC[C@@H]21)[C@@H]1CON(C(=S)Nc2ccccc2Cl)[C@@H]14. The molecule has 0 radical (unpaired) electrons. The summed E-state index contributed by atoms with van der Waals surface area (Å²) in [6.07, 6.45) is 9.18. The fraction of sp³-hybridized carbons (Fsp3) is 0.733. The first-order chi connectivity index (χ1) is 17.6. The molecule has 202 valence electrons. The number of esters is 1. The van der Waals surface area contributed by atoms with Crippen LogP contribution >= 0.6 is 23.8 Å². The lowest BCUT2D eigenvalue weighted by Crippen LogP contribution is -2.60. The van der Waals surface area contributed by atoms with E-state index in [4.69, 9.17) is 33.4 Å². The van der Waals surface area contributed by atoms with Gasteiger partial charge in [0.05, 0.1) is 35.4 Å². The molecule has 5 nitrogen and oxygen atoms in total. The Bertz CT molecular complexity index is 1120. The smallest absolute Gasteiger partial charge is 0.312 e. The van der Waals surface area contributed by atoms with Crippen molar-refractivity contribution in [2.75, 3.05) is 18.5 Å². The van der Waals surface area contributed by atoms with Gasteiger partial charge in [-0.1, -0.05) is 44.0 Å². The molecule has 1 saturated heterocycles. The number of thiocarbonyl (C=S) groups is 1. The van der Waals surface area contributed by atoms with E-state index in [9.17, 15) is 4.79 Å². The monoisotopic (exact) mass is 544 g/mol. The van der Waals surface area contributed by atoms with Crippen molar-refractivity contribution in [1.82, 2.24) is 5.06 Å². The number of nitrogens with zero attached hydrogens (tertiary/aromatic N) is 1. The zero-order chi connectivity index (χ0) is 26.2. The normalized spacial score (nSPS) is 44.0. The van der Waals surface area contributed by atoms with Crippen LogP contribution in [0.25, 0.3) is 0 Å².